The summed E-state index contributed by atoms with van der Waals surface area (Å²) in [7, 11) is 0. The molecule has 0 radical (unpaired) electrons. The first-order valence-electron chi connectivity index (χ1n) is 15.7. The lowest BCUT2D eigenvalue weighted by Gasteiger charge is -2.37. The molecule has 0 atom stereocenters. The summed E-state index contributed by atoms with van der Waals surface area (Å²) in [6.45, 7) is 14.8. The van der Waals surface area contributed by atoms with Gasteiger partial charge in [-0.2, -0.15) is 9.78 Å². The van der Waals surface area contributed by atoms with Gasteiger partial charge in [-0.25, -0.2) is 4.79 Å². The van der Waals surface area contributed by atoms with Crippen LogP contribution in [0.2, 0.25) is 0 Å². The normalized spacial score (nSPS) is 13.7. The predicted octanol–water partition coefficient (Wildman–Crippen LogP) is 7.01. The molecule has 0 spiro atoms. The van der Waals surface area contributed by atoms with Crippen molar-refractivity contribution in [3.8, 4) is 34.1 Å². The molecule has 1 aromatic heterocycles. The van der Waals surface area contributed by atoms with Crippen molar-refractivity contribution in [3.05, 3.63) is 94.9 Å². The van der Waals surface area contributed by atoms with E-state index in [2.05, 4.69) is 5.10 Å². The van der Waals surface area contributed by atoms with Gasteiger partial charge in [0.05, 0.1) is 17.3 Å². The molecule has 1 aliphatic rings. The van der Waals surface area contributed by atoms with Crippen molar-refractivity contribution in [2.45, 2.75) is 54.1 Å². The summed E-state index contributed by atoms with van der Waals surface area (Å²) in [6.07, 6.45) is 1.28. The molecule has 47 heavy (non-hydrogen) atoms. The Balaban J connectivity index is 1.38. The lowest BCUT2D eigenvalue weighted by atomic mass is 9.97. The second-order valence-corrected chi connectivity index (χ2v) is 13.7. The molecule has 2 heterocycles. The molecule has 0 saturated carbocycles. The highest BCUT2D eigenvalue weighted by Gasteiger charge is 2.29. The van der Waals surface area contributed by atoms with Crippen LogP contribution < -0.4 is 19.9 Å². The largest absolute Gasteiger partial charge is 0.449 e. The monoisotopic (exact) mass is 638 g/mol. The van der Waals surface area contributed by atoms with Gasteiger partial charge < -0.3 is 24.0 Å². The van der Waals surface area contributed by atoms with Gasteiger partial charge >= 0.3 is 17.6 Å². The van der Waals surface area contributed by atoms with Gasteiger partial charge in [-0.1, -0.05) is 42.0 Å². The average molecular weight is 639 g/mol. The first-order chi connectivity index (χ1) is 22.2. The fourth-order valence-corrected chi connectivity index (χ4v) is 4.89. The second kappa shape index (κ2) is 13.3. The summed E-state index contributed by atoms with van der Waals surface area (Å²) < 4.78 is 18.7. The van der Waals surface area contributed by atoms with Crippen LogP contribution in [-0.2, 0) is 9.53 Å². The molecule has 0 unspecified atom stereocenters. The van der Waals surface area contributed by atoms with Crippen LogP contribution in [0, 0.1) is 12.3 Å². The van der Waals surface area contributed by atoms with E-state index in [9.17, 15) is 14.4 Å². The van der Waals surface area contributed by atoms with Crippen LogP contribution in [-0.4, -0.2) is 58.5 Å². The highest BCUT2D eigenvalue weighted by Crippen LogP contribution is 2.32. The fraction of sp³-hybridized carbons (Fsp3) is 0.351. The first-order valence-corrected chi connectivity index (χ1v) is 15.7. The third kappa shape index (κ3) is 8.19. The SMILES string of the molecule is Cc1ccc(-n2ncc(N3CCN(C(=O)OC(C)(C)C)CC3)c(Oc3ccc(-c4ccc(OC(=O)C(C)(C)C)cc4)cc3)c2=O)cc1. The molecule has 10 heteroatoms. The Bertz CT molecular complexity index is 1780. The van der Waals surface area contributed by atoms with Crippen LogP contribution in [0.4, 0.5) is 10.5 Å². The molecule has 1 amide bonds. The number of amides is 1. The van der Waals surface area contributed by atoms with E-state index in [-0.39, 0.29) is 17.8 Å². The van der Waals surface area contributed by atoms with Crippen LogP contribution in [0.15, 0.2) is 83.8 Å². The van der Waals surface area contributed by atoms with Crippen molar-refractivity contribution in [2.75, 3.05) is 31.1 Å². The van der Waals surface area contributed by atoms with E-state index in [1.165, 1.54) is 4.68 Å². The van der Waals surface area contributed by atoms with Crippen molar-refractivity contribution in [3.63, 3.8) is 0 Å². The lowest BCUT2D eigenvalue weighted by Crippen LogP contribution is -2.50. The molecule has 246 valence electrons. The molecule has 3 aromatic carbocycles. The van der Waals surface area contributed by atoms with Crippen molar-refractivity contribution in [1.29, 1.82) is 0 Å². The van der Waals surface area contributed by atoms with Gasteiger partial charge in [-0.05, 0) is 96.0 Å². The van der Waals surface area contributed by atoms with E-state index in [1.807, 2.05) is 114 Å². The number of anilines is 1. The van der Waals surface area contributed by atoms with Crippen molar-refractivity contribution in [1.82, 2.24) is 14.7 Å². The number of ether oxygens (including phenoxy) is 3. The van der Waals surface area contributed by atoms with Crippen LogP contribution in [0.25, 0.3) is 16.8 Å². The number of hydrogen-bond acceptors (Lipinski definition) is 8. The predicted molar refractivity (Wildman–Crippen MR) is 182 cm³/mol. The number of rotatable bonds is 6. The van der Waals surface area contributed by atoms with Crippen molar-refractivity contribution in [2.24, 2.45) is 5.41 Å². The van der Waals surface area contributed by atoms with Gasteiger partial charge in [-0.3, -0.25) is 9.59 Å². The summed E-state index contributed by atoms with van der Waals surface area (Å²) in [4.78, 5) is 42.5. The maximum absolute atomic E-state index is 13.9. The minimum atomic E-state index is -0.596. The van der Waals surface area contributed by atoms with Crippen LogP contribution in [0.5, 0.6) is 17.2 Å². The van der Waals surface area contributed by atoms with E-state index >= 15 is 0 Å². The topological polar surface area (TPSA) is 103 Å². The number of carbonyl (C=O) groups excluding carboxylic acids is 2. The number of carbonyl (C=O) groups is 2. The number of aryl methyl sites for hydroxylation is 1. The Morgan fingerprint density at radius 2 is 1.30 bits per heavy atom. The van der Waals surface area contributed by atoms with Crippen LogP contribution >= 0.6 is 0 Å². The number of nitrogens with zero attached hydrogens (tertiary/aromatic N) is 4. The minimum absolute atomic E-state index is 0.143. The maximum atomic E-state index is 13.9. The van der Waals surface area contributed by atoms with Crippen LogP contribution in [0.1, 0.15) is 47.1 Å². The van der Waals surface area contributed by atoms with Gasteiger partial charge in [0.2, 0.25) is 5.75 Å². The van der Waals surface area contributed by atoms with Gasteiger partial charge in [0.25, 0.3) is 0 Å². The zero-order chi connectivity index (χ0) is 33.9. The summed E-state index contributed by atoms with van der Waals surface area (Å²) in [6, 6.07) is 22.3. The van der Waals surface area contributed by atoms with E-state index in [0.29, 0.717) is 49.1 Å². The number of hydrogen-bond donors (Lipinski definition) is 0. The molecule has 10 nitrogen and oxygen atoms in total. The standard InChI is InChI=1S/C37H42N4O6/c1-25-8-14-28(15-9-25)41-33(42)32(31(24-38-41)39-20-22-40(23-21-39)35(44)47-37(5,6)7)45-29-16-10-26(11-17-29)27-12-18-30(19-13-27)46-34(43)36(2,3)4/h8-19,24H,20-23H2,1-7H3. The average Bonchev–Trinajstić information content (AvgIpc) is 3.02. The number of benzene rings is 3. The molecule has 0 bridgehead atoms. The maximum Gasteiger partial charge on any atom is 0.410 e. The fourth-order valence-electron chi connectivity index (χ4n) is 4.89. The second-order valence-electron chi connectivity index (χ2n) is 13.7. The summed E-state index contributed by atoms with van der Waals surface area (Å²) >= 11 is 0. The van der Waals surface area contributed by atoms with Gasteiger partial charge in [-0.15, -0.1) is 0 Å². The highest BCUT2D eigenvalue weighted by molar-refractivity contribution is 5.78. The summed E-state index contributed by atoms with van der Waals surface area (Å²) in [5, 5.41) is 4.50. The number of aromatic nitrogens is 2. The summed E-state index contributed by atoms with van der Waals surface area (Å²) in [5.41, 5.74) is 2.52. The third-order valence-electron chi connectivity index (χ3n) is 7.55. The molecule has 4 aromatic rings. The van der Waals surface area contributed by atoms with Crippen molar-refractivity contribution < 1.29 is 23.8 Å². The molecule has 1 fully saturated rings. The number of piperazine rings is 1. The molecular formula is C37H42N4O6. The van der Waals surface area contributed by atoms with Gasteiger partial charge in [0.1, 0.15) is 22.8 Å². The Morgan fingerprint density at radius 1 is 0.745 bits per heavy atom. The molecule has 0 N–H and O–H groups in total. The molecule has 0 aliphatic carbocycles. The lowest BCUT2D eigenvalue weighted by molar-refractivity contribution is -0.143. The molecular weight excluding hydrogens is 596 g/mol. The van der Waals surface area contributed by atoms with E-state index in [1.54, 1.807) is 23.2 Å². The minimum Gasteiger partial charge on any atom is -0.449 e. The Kier molecular flexibility index (Phi) is 9.42. The van der Waals surface area contributed by atoms with Crippen LogP contribution in [0.3, 0.4) is 0 Å². The Hall–Kier alpha value is -5.12. The smallest absolute Gasteiger partial charge is 0.410 e. The van der Waals surface area contributed by atoms with E-state index in [0.717, 1.165) is 16.7 Å². The zero-order valence-corrected chi connectivity index (χ0v) is 28.1. The molecule has 1 saturated heterocycles. The molecule has 5 rings (SSSR count). The third-order valence-corrected chi connectivity index (χ3v) is 7.55. The zero-order valence-electron chi connectivity index (χ0n) is 28.1. The van der Waals surface area contributed by atoms with Gasteiger partial charge in [0, 0.05) is 26.2 Å². The Morgan fingerprint density at radius 3 is 1.83 bits per heavy atom. The van der Waals surface area contributed by atoms with Crippen molar-refractivity contribution >= 4 is 17.7 Å². The quantitative estimate of drug-likeness (QED) is 0.164. The summed E-state index contributed by atoms with van der Waals surface area (Å²) in [5.74, 6) is 0.810. The number of esters is 1. The first kappa shape index (κ1) is 33.2. The highest BCUT2D eigenvalue weighted by atomic mass is 16.6. The van der Waals surface area contributed by atoms with Gasteiger partial charge in [0.15, 0.2) is 0 Å². The van der Waals surface area contributed by atoms with E-state index in [4.69, 9.17) is 14.2 Å². The molecule has 1 aliphatic heterocycles. The van der Waals surface area contributed by atoms with E-state index < -0.39 is 16.6 Å². The Labute approximate surface area is 275 Å².